The van der Waals surface area contributed by atoms with Gasteiger partial charge in [0.05, 0.1) is 5.02 Å². The van der Waals surface area contributed by atoms with Gasteiger partial charge in [-0.2, -0.15) is 0 Å². The SMILES string of the molecule is CN(C)c1ccc(CNC(=O)COc2ccc(Cl)cc2Cl)cc1. The van der Waals surface area contributed by atoms with Gasteiger partial charge in [-0.3, -0.25) is 4.79 Å². The van der Waals surface area contributed by atoms with Crippen molar-refractivity contribution in [1.29, 1.82) is 0 Å². The summed E-state index contributed by atoms with van der Waals surface area (Å²) in [6.45, 7) is 0.349. The molecule has 0 heterocycles. The molecule has 0 aliphatic heterocycles. The first-order chi connectivity index (χ1) is 11.0. The summed E-state index contributed by atoms with van der Waals surface area (Å²) in [4.78, 5) is 13.8. The summed E-state index contributed by atoms with van der Waals surface area (Å²) in [7, 11) is 3.96. The minimum absolute atomic E-state index is 0.100. The lowest BCUT2D eigenvalue weighted by Gasteiger charge is -2.13. The maximum atomic E-state index is 11.8. The molecule has 1 N–H and O–H groups in total. The van der Waals surface area contributed by atoms with Gasteiger partial charge in [0.2, 0.25) is 0 Å². The molecular weight excluding hydrogens is 335 g/mol. The van der Waals surface area contributed by atoms with E-state index in [0.717, 1.165) is 11.3 Å². The van der Waals surface area contributed by atoms with Crippen LogP contribution in [0.1, 0.15) is 5.56 Å². The van der Waals surface area contributed by atoms with Crippen molar-refractivity contribution in [2.75, 3.05) is 25.6 Å². The molecule has 0 bridgehead atoms. The van der Waals surface area contributed by atoms with Crippen LogP contribution < -0.4 is 15.0 Å². The smallest absolute Gasteiger partial charge is 0.258 e. The number of nitrogens with zero attached hydrogens (tertiary/aromatic N) is 1. The van der Waals surface area contributed by atoms with Gasteiger partial charge in [0.25, 0.3) is 5.91 Å². The molecular formula is C17H18Cl2N2O2. The van der Waals surface area contributed by atoms with Crippen molar-refractivity contribution in [1.82, 2.24) is 5.32 Å². The average molecular weight is 353 g/mol. The van der Waals surface area contributed by atoms with E-state index >= 15 is 0 Å². The van der Waals surface area contributed by atoms with Crippen LogP contribution in [-0.2, 0) is 11.3 Å². The number of halogens is 2. The van der Waals surface area contributed by atoms with Crippen molar-refractivity contribution in [3.05, 3.63) is 58.1 Å². The lowest BCUT2D eigenvalue weighted by atomic mass is 10.2. The second kappa shape index (κ2) is 8.09. The molecule has 6 heteroatoms. The number of ether oxygens (including phenoxy) is 1. The minimum atomic E-state index is -0.215. The Labute approximate surface area is 146 Å². The molecule has 0 radical (unpaired) electrons. The van der Waals surface area contributed by atoms with Crippen LogP contribution in [-0.4, -0.2) is 26.6 Å². The first-order valence-corrected chi connectivity index (χ1v) is 7.82. The van der Waals surface area contributed by atoms with E-state index in [0.29, 0.717) is 22.3 Å². The summed E-state index contributed by atoms with van der Waals surface area (Å²) in [6.07, 6.45) is 0. The van der Waals surface area contributed by atoms with E-state index in [9.17, 15) is 4.79 Å². The molecule has 0 aliphatic rings. The van der Waals surface area contributed by atoms with Crippen LogP contribution in [0, 0.1) is 0 Å². The van der Waals surface area contributed by atoms with Crippen LogP contribution in [0.25, 0.3) is 0 Å². The molecule has 0 aliphatic carbocycles. The third-order valence-electron chi connectivity index (χ3n) is 3.20. The number of carbonyl (C=O) groups excluding carboxylic acids is 1. The molecule has 122 valence electrons. The van der Waals surface area contributed by atoms with Gasteiger partial charge in [-0.05, 0) is 35.9 Å². The molecule has 2 rings (SSSR count). The highest BCUT2D eigenvalue weighted by Gasteiger charge is 2.06. The molecule has 0 fully saturated rings. The van der Waals surface area contributed by atoms with Gasteiger partial charge in [0, 0.05) is 31.4 Å². The maximum absolute atomic E-state index is 11.8. The first kappa shape index (κ1) is 17.4. The summed E-state index contributed by atoms with van der Waals surface area (Å²) >= 11 is 11.8. The molecule has 4 nitrogen and oxygen atoms in total. The predicted octanol–water partition coefficient (Wildman–Crippen LogP) is 3.75. The van der Waals surface area contributed by atoms with E-state index in [4.69, 9.17) is 27.9 Å². The summed E-state index contributed by atoms with van der Waals surface area (Å²) in [5, 5.41) is 3.70. The molecule has 1 amide bonds. The zero-order chi connectivity index (χ0) is 16.8. The number of hydrogen-bond acceptors (Lipinski definition) is 3. The molecule has 0 saturated carbocycles. The Hall–Kier alpha value is -1.91. The molecule has 0 saturated heterocycles. The van der Waals surface area contributed by atoms with Crippen LogP contribution in [0.5, 0.6) is 5.75 Å². The Morgan fingerprint density at radius 3 is 2.43 bits per heavy atom. The van der Waals surface area contributed by atoms with E-state index in [-0.39, 0.29) is 12.5 Å². The van der Waals surface area contributed by atoms with Crippen LogP contribution in [0.2, 0.25) is 10.0 Å². The van der Waals surface area contributed by atoms with Crippen LogP contribution in [0.4, 0.5) is 5.69 Å². The highest BCUT2D eigenvalue weighted by Crippen LogP contribution is 2.27. The number of rotatable bonds is 6. The number of benzene rings is 2. The summed E-state index contributed by atoms with van der Waals surface area (Å²) < 4.78 is 5.38. The van der Waals surface area contributed by atoms with Gasteiger partial charge < -0.3 is 15.0 Å². The monoisotopic (exact) mass is 352 g/mol. The predicted molar refractivity (Wildman–Crippen MR) is 94.6 cm³/mol. The zero-order valence-corrected chi connectivity index (χ0v) is 14.5. The van der Waals surface area contributed by atoms with Crippen molar-refractivity contribution in [2.24, 2.45) is 0 Å². The third-order valence-corrected chi connectivity index (χ3v) is 3.73. The number of nitrogens with one attached hydrogen (secondary N) is 1. The topological polar surface area (TPSA) is 41.6 Å². The van der Waals surface area contributed by atoms with E-state index < -0.39 is 0 Å². The molecule has 0 unspecified atom stereocenters. The second-order valence-corrected chi connectivity index (χ2v) is 6.04. The lowest BCUT2D eigenvalue weighted by Crippen LogP contribution is -2.28. The van der Waals surface area contributed by atoms with E-state index in [1.165, 1.54) is 0 Å². The highest BCUT2D eigenvalue weighted by atomic mass is 35.5. The van der Waals surface area contributed by atoms with Crippen molar-refractivity contribution in [3.8, 4) is 5.75 Å². The van der Waals surface area contributed by atoms with Crippen molar-refractivity contribution < 1.29 is 9.53 Å². The fourth-order valence-corrected chi connectivity index (χ4v) is 2.36. The largest absolute Gasteiger partial charge is 0.482 e. The summed E-state index contributed by atoms with van der Waals surface area (Å²) in [6, 6.07) is 12.8. The Morgan fingerprint density at radius 2 is 1.83 bits per heavy atom. The quantitative estimate of drug-likeness (QED) is 0.860. The van der Waals surface area contributed by atoms with E-state index in [1.54, 1.807) is 18.2 Å². The molecule has 0 spiro atoms. The fourth-order valence-electron chi connectivity index (χ4n) is 1.90. The second-order valence-electron chi connectivity index (χ2n) is 5.20. The van der Waals surface area contributed by atoms with Crippen LogP contribution in [0.3, 0.4) is 0 Å². The summed E-state index contributed by atoms with van der Waals surface area (Å²) in [5.41, 5.74) is 2.13. The van der Waals surface area contributed by atoms with Gasteiger partial charge in [-0.1, -0.05) is 35.3 Å². The first-order valence-electron chi connectivity index (χ1n) is 7.06. The maximum Gasteiger partial charge on any atom is 0.258 e. The van der Waals surface area contributed by atoms with E-state index in [2.05, 4.69) is 5.32 Å². The highest BCUT2D eigenvalue weighted by molar-refractivity contribution is 6.35. The molecule has 0 atom stereocenters. The number of carbonyl (C=O) groups is 1. The Morgan fingerprint density at radius 1 is 1.13 bits per heavy atom. The van der Waals surface area contributed by atoms with Gasteiger partial charge in [0.1, 0.15) is 5.75 Å². The van der Waals surface area contributed by atoms with Crippen molar-refractivity contribution in [3.63, 3.8) is 0 Å². The molecule has 2 aromatic carbocycles. The van der Waals surface area contributed by atoms with Crippen molar-refractivity contribution >= 4 is 34.8 Å². The molecule has 0 aromatic heterocycles. The molecule has 23 heavy (non-hydrogen) atoms. The summed E-state index contributed by atoms with van der Waals surface area (Å²) in [5.74, 6) is 0.217. The zero-order valence-electron chi connectivity index (χ0n) is 13.0. The number of anilines is 1. The lowest BCUT2D eigenvalue weighted by molar-refractivity contribution is -0.123. The number of amides is 1. The van der Waals surface area contributed by atoms with Gasteiger partial charge >= 0.3 is 0 Å². The standard InChI is InChI=1S/C17H18Cl2N2O2/c1-21(2)14-6-3-12(4-7-14)10-20-17(22)11-23-16-8-5-13(18)9-15(16)19/h3-9H,10-11H2,1-2H3,(H,20,22). The normalized spacial score (nSPS) is 10.3. The fraction of sp³-hybridized carbons (Fsp3) is 0.235. The Balaban J connectivity index is 1.80. The average Bonchev–Trinajstić information content (AvgIpc) is 2.52. The Kier molecular flexibility index (Phi) is 6.13. The number of hydrogen-bond donors (Lipinski definition) is 1. The van der Waals surface area contributed by atoms with E-state index in [1.807, 2.05) is 43.3 Å². The Bertz CT molecular complexity index is 673. The van der Waals surface area contributed by atoms with Gasteiger partial charge in [0.15, 0.2) is 6.61 Å². The van der Waals surface area contributed by atoms with Crippen LogP contribution in [0.15, 0.2) is 42.5 Å². The van der Waals surface area contributed by atoms with Gasteiger partial charge in [-0.25, -0.2) is 0 Å². The minimum Gasteiger partial charge on any atom is -0.482 e. The van der Waals surface area contributed by atoms with Crippen LogP contribution >= 0.6 is 23.2 Å². The van der Waals surface area contributed by atoms with Crippen molar-refractivity contribution in [2.45, 2.75) is 6.54 Å². The molecule has 2 aromatic rings. The third kappa shape index (κ3) is 5.34. The van der Waals surface area contributed by atoms with Gasteiger partial charge in [-0.15, -0.1) is 0 Å².